The maximum Gasteiger partial charge on any atom is 0.0811 e. The second kappa shape index (κ2) is 12.7. The number of pyridine rings is 1. The maximum absolute atomic E-state index is 5.73. The van der Waals surface area contributed by atoms with Gasteiger partial charge < -0.3 is 5.73 Å². The Balaban J connectivity index is 0.000000165. The van der Waals surface area contributed by atoms with Gasteiger partial charge in [-0.1, -0.05) is 81.5 Å². The summed E-state index contributed by atoms with van der Waals surface area (Å²) in [5, 5.41) is 4.22. The first-order chi connectivity index (χ1) is 14.2. The van der Waals surface area contributed by atoms with Gasteiger partial charge in [-0.15, -0.1) is 11.3 Å². The molecule has 4 aromatic rings. The van der Waals surface area contributed by atoms with E-state index in [1.165, 1.54) is 36.8 Å². The molecule has 0 unspecified atom stereocenters. The fraction of sp³-hybridized carbons (Fsp3) is 0.280. The van der Waals surface area contributed by atoms with E-state index in [1.54, 1.807) is 17.5 Å². The van der Waals surface area contributed by atoms with Gasteiger partial charge in [0.1, 0.15) is 0 Å². The lowest BCUT2D eigenvalue weighted by molar-refractivity contribution is 0.702. The maximum atomic E-state index is 5.73. The number of hydrogen-bond acceptors (Lipinski definition) is 4. The van der Waals surface area contributed by atoms with E-state index in [4.69, 9.17) is 5.73 Å². The smallest absolute Gasteiger partial charge is 0.0811 e. The number of fused-ring (bicyclic) bond motifs is 1. The molecule has 2 aromatic carbocycles. The molecule has 4 heteroatoms. The number of anilines is 1. The summed E-state index contributed by atoms with van der Waals surface area (Å²) in [5.41, 5.74) is 11.9. The van der Waals surface area contributed by atoms with E-state index in [9.17, 15) is 0 Å². The lowest BCUT2D eigenvalue weighted by atomic mass is 10.1. The number of unbranched alkanes of at least 4 members (excludes halogenated alkanes) is 3. The molecule has 0 saturated carbocycles. The van der Waals surface area contributed by atoms with Gasteiger partial charge in [0.25, 0.3) is 0 Å². The van der Waals surface area contributed by atoms with Crippen LogP contribution >= 0.6 is 11.3 Å². The number of nitrogens with zero attached hydrogens (tertiary/aromatic N) is 2. The quantitative estimate of drug-likeness (QED) is 0.282. The lowest BCUT2D eigenvalue weighted by Gasteiger charge is -1.98. The first kappa shape index (κ1) is 22.6. The number of rotatable bonds is 4. The van der Waals surface area contributed by atoms with E-state index in [0.717, 1.165) is 22.2 Å². The first-order valence-corrected chi connectivity index (χ1v) is 11.1. The van der Waals surface area contributed by atoms with Crippen LogP contribution in [0.3, 0.4) is 0 Å². The van der Waals surface area contributed by atoms with Gasteiger partial charge in [-0.25, -0.2) is 4.98 Å². The molecule has 2 heterocycles. The summed E-state index contributed by atoms with van der Waals surface area (Å²) in [5.74, 6) is 0. The molecule has 0 aliphatic heterocycles. The molecule has 0 saturated heterocycles. The fourth-order valence-corrected chi connectivity index (χ4v) is 3.29. The molecule has 4 rings (SSSR count). The topological polar surface area (TPSA) is 51.8 Å². The molecular formula is C25H31N3S. The summed E-state index contributed by atoms with van der Waals surface area (Å²) in [6, 6.07) is 16.2. The average Bonchev–Trinajstić information content (AvgIpc) is 3.29. The predicted molar refractivity (Wildman–Crippen MR) is 128 cm³/mol. The van der Waals surface area contributed by atoms with E-state index < -0.39 is 0 Å². The second-order valence-electron chi connectivity index (χ2n) is 6.89. The van der Waals surface area contributed by atoms with Crippen LogP contribution in [0.25, 0.3) is 22.0 Å². The van der Waals surface area contributed by atoms with E-state index in [1.807, 2.05) is 36.0 Å². The van der Waals surface area contributed by atoms with Crippen molar-refractivity contribution in [1.29, 1.82) is 0 Å². The summed E-state index contributed by atoms with van der Waals surface area (Å²) >= 11 is 1.63. The van der Waals surface area contributed by atoms with E-state index in [2.05, 4.69) is 60.4 Å². The zero-order valence-corrected chi connectivity index (χ0v) is 18.5. The fourth-order valence-electron chi connectivity index (χ4n) is 2.73. The number of benzene rings is 2. The van der Waals surface area contributed by atoms with E-state index >= 15 is 0 Å². The standard InChI is InChI=1S/C10H9NS.C9H8N2.C6H14/c1-8-2-4-9(5-3-8)10-6-12-7-11-10;10-9-3-1-2-7-6-11-5-4-8(7)9;1-3-5-6-4-2/h2-7H,1H3;1-6H,10H2;3-6H2,1-2H3. The van der Waals surface area contributed by atoms with Gasteiger partial charge in [-0.05, 0) is 19.1 Å². The van der Waals surface area contributed by atoms with Crippen molar-refractivity contribution in [3.63, 3.8) is 0 Å². The molecule has 0 amide bonds. The normalized spacial score (nSPS) is 9.90. The van der Waals surface area contributed by atoms with Crippen molar-refractivity contribution in [2.75, 3.05) is 5.73 Å². The second-order valence-corrected chi connectivity index (χ2v) is 7.61. The number of aryl methyl sites for hydroxylation is 1. The predicted octanol–water partition coefficient (Wildman–Crippen LogP) is 7.52. The highest BCUT2D eigenvalue weighted by Crippen LogP contribution is 2.19. The van der Waals surface area contributed by atoms with E-state index in [-0.39, 0.29) is 0 Å². The van der Waals surface area contributed by atoms with Crippen LogP contribution in [-0.2, 0) is 0 Å². The number of nitrogen functional groups attached to an aromatic ring is 1. The Labute approximate surface area is 178 Å². The van der Waals surface area contributed by atoms with Crippen molar-refractivity contribution in [3.8, 4) is 11.3 Å². The monoisotopic (exact) mass is 405 g/mol. The number of thiazole rings is 1. The molecule has 0 fully saturated rings. The molecule has 0 bridgehead atoms. The Bertz CT molecular complexity index is 938. The molecule has 0 radical (unpaired) electrons. The molecular weight excluding hydrogens is 374 g/mol. The Morgan fingerprint density at radius 1 is 0.931 bits per heavy atom. The summed E-state index contributed by atoms with van der Waals surface area (Å²) in [6.45, 7) is 6.55. The highest BCUT2D eigenvalue weighted by atomic mass is 32.1. The third kappa shape index (κ3) is 7.66. The van der Waals surface area contributed by atoms with E-state index in [0.29, 0.717) is 0 Å². The summed E-state index contributed by atoms with van der Waals surface area (Å²) in [6.07, 6.45) is 9.10. The number of nitrogens with two attached hydrogens (primary N) is 1. The minimum Gasteiger partial charge on any atom is -0.398 e. The van der Waals surface area contributed by atoms with Crippen molar-refractivity contribution < 1.29 is 0 Å². The van der Waals surface area contributed by atoms with Crippen LogP contribution in [0.1, 0.15) is 45.1 Å². The van der Waals surface area contributed by atoms with Crippen LogP contribution in [0, 0.1) is 6.92 Å². The van der Waals surface area contributed by atoms with Crippen LogP contribution < -0.4 is 5.73 Å². The minimum absolute atomic E-state index is 0.810. The van der Waals surface area contributed by atoms with Gasteiger partial charge in [0.15, 0.2) is 0 Å². The van der Waals surface area contributed by atoms with Crippen molar-refractivity contribution >= 4 is 27.8 Å². The third-order valence-electron chi connectivity index (χ3n) is 4.45. The van der Waals surface area contributed by atoms with Crippen LogP contribution in [-0.4, -0.2) is 9.97 Å². The van der Waals surface area contributed by atoms with Crippen molar-refractivity contribution in [2.24, 2.45) is 0 Å². The minimum atomic E-state index is 0.810. The molecule has 3 nitrogen and oxygen atoms in total. The molecule has 0 atom stereocenters. The van der Waals surface area contributed by atoms with Crippen LogP contribution in [0.15, 0.2) is 71.8 Å². The van der Waals surface area contributed by atoms with Gasteiger partial charge in [0.05, 0.1) is 11.2 Å². The molecule has 0 aliphatic rings. The Kier molecular flexibility index (Phi) is 9.87. The van der Waals surface area contributed by atoms with Gasteiger partial charge in [-0.2, -0.15) is 0 Å². The Morgan fingerprint density at radius 3 is 2.24 bits per heavy atom. The Morgan fingerprint density at radius 2 is 1.66 bits per heavy atom. The van der Waals surface area contributed by atoms with Crippen LogP contribution in [0.2, 0.25) is 0 Å². The van der Waals surface area contributed by atoms with Crippen molar-refractivity contribution in [2.45, 2.75) is 46.5 Å². The number of hydrogen-bond donors (Lipinski definition) is 1. The SMILES string of the molecule is CCCCCC.Cc1ccc(-c2cscn2)cc1.Nc1cccc2cnccc12. The molecule has 2 aromatic heterocycles. The zero-order chi connectivity index (χ0) is 20.9. The third-order valence-corrected chi connectivity index (χ3v) is 5.04. The van der Waals surface area contributed by atoms with Gasteiger partial charge in [-0.3, -0.25) is 4.98 Å². The molecule has 2 N–H and O–H groups in total. The van der Waals surface area contributed by atoms with Gasteiger partial charge in [0, 0.05) is 39.8 Å². The molecule has 0 aliphatic carbocycles. The first-order valence-electron chi connectivity index (χ1n) is 10.2. The summed E-state index contributed by atoms with van der Waals surface area (Å²) in [4.78, 5) is 8.23. The van der Waals surface area contributed by atoms with Crippen molar-refractivity contribution in [1.82, 2.24) is 9.97 Å². The summed E-state index contributed by atoms with van der Waals surface area (Å²) < 4.78 is 0. The molecule has 29 heavy (non-hydrogen) atoms. The largest absolute Gasteiger partial charge is 0.398 e. The van der Waals surface area contributed by atoms with Crippen LogP contribution in [0.5, 0.6) is 0 Å². The molecule has 0 spiro atoms. The highest BCUT2D eigenvalue weighted by Gasteiger charge is 1.97. The Hall–Kier alpha value is -2.72. The van der Waals surface area contributed by atoms with Crippen LogP contribution in [0.4, 0.5) is 5.69 Å². The number of aromatic nitrogens is 2. The van der Waals surface area contributed by atoms with Crippen molar-refractivity contribution in [3.05, 3.63) is 77.4 Å². The lowest BCUT2D eigenvalue weighted by Crippen LogP contribution is -1.85. The summed E-state index contributed by atoms with van der Waals surface area (Å²) in [7, 11) is 0. The van der Waals surface area contributed by atoms with Gasteiger partial charge >= 0.3 is 0 Å². The molecule has 152 valence electrons. The van der Waals surface area contributed by atoms with Gasteiger partial charge in [0.2, 0.25) is 0 Å². The average molecular weight is 406 g/mol. The zero-order valence-electron chi connectivity index (χ0n) is 17.6. The highest BCUT2D eigenvalue weighted by molar-refractivity contribution is 7.07.